The quantitative estimate of drug-likeness (QED) is 0.815. The average Bonchev–Trinajstić information content (AvgIpc) is 2.52. The Balaban J connectivity index is 2.80. The first-order valence-corrected chi connectivity index (χ1v) is 4.58. The summed E-state index contributed by atoms with van der Waals surface area (Å²) in [6.07, 6.45) is 2.87. The van der Waals surface area contributed by atoms with E-state index in [4.69, 9.17) is 5.11 Å². The van der Waals surface area contributed by atoms with E-state index in [0.717, 1.165) is 6.42 Å². The van der Waals surface area contributed by atoms with Crippen molar-refractivity contribution in [2.75, 3.05) is 0 Å². The summed E-state index contributed by atoms with van der Waals surface area (Å²) in [7, 11) is 0. The number of hydrogen-bond donors (Lipinski definition) is 1. The number of hydrogen-bond acceptors (Lipinski definition) is 2. The Bertz CT molecular complexity index is 350. The molecule has 1 aromatic rings. The van der Waals surface area contributed by atoms with Gasteiger partial charge in [0.25, 0.3) is 0 Å². The monoisotopic (exact) mass is 218 g/mol. The van der Waals surface area contributed by atoms with Crippen LogP contribution in [0.3, 0.4) is 0 Å². The van der Waals surface area contributed by atoms with Gasteiger partial charge in [-0.3, -0.25) is 0 Å². The fourth-order valence-electron chi connectivity index (χ4n) is 1.23. The predicted molar refractivity (Wildman–Crippen MR) is 48.8 cm³/mol. The molecular weight excluding hydrogens is 206 g/mol. The Morgan fingerprint density at radius 3 is 2.87 bits per heavy atom. The van der Waals surface area contributed by atoms with Crippen LogP contribution in [0.1, 0.15) is 19.2 Å². The summed E-state index contributed by atoms with van der Waals surface area (Å²) in [4.78, 5) is 14.0. The van der Waals surface area contributed by atoms with Gasteiger partial charge < -0.3 is 9.67 Å². The van der Waals surface area contributed by atoms with Gasteiger partial charge in [-0.1, -0.05) is 6.92 Å². The lowest BCUT2D eigenvalue weighted by Gasteiger charge is -2.11. The van der Waals surface area contributed by atoms with Gasteiger partial charge in [-0.25, -0.2) is 9.78 Å². The molecular formula is C9H12F2N2O2. The maximum Gasteiger partial charge on any atom is 0.375 e. The molecule has 0 fully saturated rings. The molecule has 1 heterocycles. The highest BCUT2D eigenvalue weighted by atomic mass is 19.3. The van der Waals surface area contributed by atoms with Crippen molar-refractivity contribution in [3.63, 3.8) is 0 Å². The molecule has 0 unspecified atom stereocenters. The summed E-state index contributed by atoms with van der Waals surface area (Å²) in [5, 5.41) is 8.27. The number of aryl methyl sites for hydroxylation is 1. The normalized spacial score (nSPS) is 11.7. The lowest BCUT2D eigenvalue weighted by atomic mass is 10.2. The number of nitrogens with zero attached hydrogens (tertiary/aromatic N) is 2. The van der Waals surface area contributed by atoms with E-state index in [9.17, 15) is 13.6 Å². The first kappa shape index (κ1) is 11.6. The van der Waals surface area contributed by atoms with Crippen molar-refractivity contribution >= 4 is 5.97 Å². The van der Waals surface area contributed by atoms with Gasteiger partial charge in [0.05, 0.1) is 6.42 Å². The molecule has 0 saturated heterocycles. The number of aliphatic carboxylic acids is 1. The third kappa shape index (κ3) is 2.74. The van der Waals surface area contributed by atoms with E-state index in [1.807, 2.05) is 6.92 Å². The van der Waals surface area contributed by atoms with Crippen LogP contribution in [-0.4, -0.2) is 26.5 Å². The Labute approximate surface area is 85.5 Å². The van der Waals surface area contributed by atoms with Crippen molar-refractivity contribution in [2.24, 2.45) is 0 Å². The van der Waals surface area contributed by atoms with E-state index in [0.29, 0.717) is 6.54 Å². The van der Waals surface area contributed by atoms with Gasteiger partial charge in [0, 0.05) is 18.9 Å². The van der Waals surface area contributed by atoms with E-state index in [1.54, 1.807) is 6.20 Å². The number of halogens is 2. The van der Waals surface area contributed by atoms with Gasteiger partial charge in [0.15, 0.2) is 0 Å². The van der Waals surface area contributed by atoms with Gasteiger partial charge >= 0.3 is 11.9 Å². The highest BCUT2D eigenvalue weighted by molar-refractivity contribution is 5.75. The number of imidazole rings is 1. The summed E-state index contributed by atoms with van der Waals surface area (Å²) >= 11 is 0. The Morgan fingerprint density at radius 1 is 1.67 bits per heavy atom. The molecule has 84 valence electrons. The van der Waals surface area contributed by atoms with Gasteiger partial charge in [0.2, 0.25) is 0 Å². The molecule has 0 spiro atoms. The number of carboxylic acid groups (broad SMARTS) is 1. The highest BCUT2D eigenvalue weighted by Crippen LogP contribution is 2.19. The van der Waals surface area contributed by atoms with Crippen LogP contribution in [-0.2, 0) is 17.8 Å². The Hall–Kier alpha value is -1.46. The Morgan fingerprint density at radius 2 is 2.33 bits per heavy atom. The summed E-state index contributed by atoms with van der Waals surface area (Å²) < 4.78 is 27.3. The van der Waals surface area contributed by atoms with E-state index < -0.39 is 18.3 Å². The second kappa shape index (κ2) is 4.37. The van der Waals surface area contributed by atoms with Crippen LogP contribution in [0.4, 0.5) is 8.78 Å². The molecule has 0 bridgehead atoms. The third-order valence-corrected chi connectivity index (χ3v) is 1.96. The molecule has 4 nitrogen and oxygen atoms in total. The van der Waals surface area contributed by atoms with E-state index in [1.165, 1.54) is 10.8 Å². The molecule has 6 heteroatoms. The van der Waals surface area contributed by atoms with Crippen LogP contribution >= 0.6 is 0 Å². The summed E-state index contributed by atoms with van der Waals surface area (Å²) in [6, 6.07) is 0. The third-order valence-electron chi connectivity index (χ3n) is 1.96. The first-order valence-electron chi connectivity index (χ1n) is 4.58. The fraction of sp³-hybridized carbons (Fsp3) is 0.556. The van der Waals surface area contributed by atoms with Crippen LogP contribution in [0.5, 0.6) is 0 Å². The SMILES string of the molecule is CCCn1ccnc1CC(F)(F)C(=O)O. The lowest BCUT2D eigenvalue weighted by molar-refractivity contribution is -0.164. The molecule has 0 aromatic carbocycles. The van der Waals surface area contributed by atoms with Crippen LogP contribution in [0.2, 0.25) is 0 Å². The minimum absolute atomic E-state index is 0.101. The maximum absolute atomic E-state index is 12.9. The first-order chi connectivity index (χ1) is 6.97. The van der Waals surface area contributed by atoms with Crippen LogP contribution < -0.4 is 0 Å². The average molecular weight is 218 g/mol. The zero-order valence-corrected chi connectivity index (χ0v) is 8.28. The Kier molecular flexibility index (Phi) is 3.39. The van der Waals surface area contributed by atoms with Crippen LogP contribution in [0, 0.1) is 0 Å². The molecule has 15 heavy (non-hydrogen) atoms. The van der Waals surface area contributed by atoms with Crippen molar-refractivity contribution in [3.05, 3.63) is 18.2 Å². The van der Waals surface area contributed by atoms with E-state index in [2.05, 4.69) is 4.98 Å². The highest BCUT2D eigenvalue weighted by Gasteiger charge is 2.40. The van der Waals surface area contributed by atoms with Crippen molar-refractivity contribution in [3.8, 4) is 0 Å². The van der Waals surface area contributed by atoms with Crippen molar-refractivity contribution in [2.45, 2.75) is 32.2 Å². The topological polar surface area (TPSA) is 55.1 Å². The number of carboxylic acids is 1. The predicted octanol–water partition coefficient (Wildman–Crippen LogP) is 1.56. The van der Waals surface area contributed by atoms with Gasteiger partial charge in [-0.15, -0.1) is 0 Å². The van der Waals surface area contributed by atoms with E-state index in [-0.39, 0.29) is 5.82 Å². The van der Waals surface area contributed by atoms with Crippen LogP contribution in [0.15, 0.2) is 12.4 Å². The zero-order valence-electron chi connectivity index (χ0n) is 8.28. The standard InChI is InChI=1S/C9H12F2N2O2/c1-2-4-13-5-3-12-7(13)6-9(10,11)8(14)15/h3,5H,2,4,6H2,1H3,(H,14,15). The summed E-state index contributed by atoms with van der Waals surface area (Å²) in [5.41, 5.74) is 0. The molecule has 0 amide bonds. The minimum Gasteiger partial charge on any atom is -0.477 e. The summed E-state index contributed by atoms with van der Waals surface area (Å²) in [6.45, 7) is 2.46. The molecule has 0 aliphatic rings. The minimum atomic E-state index is -3.75. The van der Waals surface area contributed by atoms with Crippen molar-refractivity contribution < 1.29 is 18.7 Å². The van der Waals surface area contributed by atoms with Gasteiger partial charge in [-0.05, 0) is 6.42 Å². The number of aromatic nitrogens is 2. The van der Waals surface area contributed by atoms with E-state index >= 15 is 0 Å². The molecule has 0 aliphatic carbocycles. The molecule has 0 radical (unpaired) electrons. The zero-order chi connectivity index (χ0) is 11.5. The molecule has 0 aliphatic heterocycles. The molecule has 1 N–H and O–H groups in total. The number of carbonyl (C=O) groups is 1. The molecule has 0 atom stereocenters. The van der Waals surface area contributed by atoms with Gasteiger partial charge in [0.1, 0.15) is 5.82 Å². The molecule has 0 saturated carbocycles. The number of alkyl halides is 2. The smallest absolute Gasteiger partial charge is 0.375 e. The largest absolute Gasteiger partial charge is 0.477 e. The lowest BCUT2D eigenvalue weighted by Crippen LogP contribution is -2.32. The van der Waals surface area contributed by atoms with Crippen molar-refractivity contribution in [1.82, 2.24) is 9.55 Å². The second-order valence-electron chi connectivity index (χ2n) is 3.22. The summed E-state index contributed by atoms with van der Waals surface area (Å²) in [5.74, 6) is -5.77. The van der Waals surface area contributed by atoms with Crippen LogP contribution in [0.25, 0.3) is 0 Å². The van der Waals surface area contributed by atoms with Crippen molar-refractivity contribution in [1.29, 1.82) is 0 Å². The maximum atomic E-state index is 12.9. The molecule has 1 rings (SSSR count). The molecule has 1 aromatic heterocycles. The number of rotatable bonds is 5. The van der Waals surface area contributed by atoms with Gasteiger partial charge in [-0.2, -0.15) is 8.78 Å². The fourth-order valence-corrected chi connectivity index (χ4v) is 1.23. The second-order valence-corrected chi connectivity index (χ2v) is 3.22.